The van der Waals surface area contributed by atoms with Crippen molar-refractivity contribution < 1.29 is 14.1 Å². The number of carbonyl (C=O) groups is 1. The second-order valence-corrected chi connectivity index (χ2v) is 6.27. The van der Waals surface area contributed by atoms with Gasteiger partial charge < -0.3 is 20.3 Å². The number of rotatable bonds is 9. The number of nitrogens with one attached hydrogen (secondary N) is 1. The van der Waals surface area contributed by atoms with Crippen molar-refractivity contribution in [3.63, 3.8) is 0 Å². The first-order chi connectivity index (χ1) is 12.2. The third kappa shape index (κ3) is 5.71. The molecule has 142 valence electrons. The third-order valence-corrected chi connectivity index (χ3v) is 4.22. The highest BCUT2D eigenvalue weighted by molar-refractivity contribution is 5.85. The molecule has 0 aliphatic heterocycles. The van der Waals surface area contributed by atoms with Crippen LogP contribution < -0.4 is 15.8 Å². The molecular formula is C18H25ClN4O3. The van der Waals surface area contributed by atoms with Crippen molar-refractivity contribution in [2.75, 3.05) is 13.2 Å². The predicted octanol–water partition coefficient (Wildman–Crippen LogP) is 2.34. The van der Waals surface area contributed by atoms with Gasteiger partial charge in [-0.1, -0.05) is 5.16 Å². The van der Waals surface area contributed by atoms with Gasteiger partial charge in [-0.25, -0.2) is 0 Å². The van der Waals surface area contributed by atoms with Crippen LogP contribution in [-0.4, -0.2) is 35.2 Å². The zero-order chi connectivity index (χ0) is 17.6. The Labute approximate surface area is 159 Å². The number of carbonyl (C=O) groups excluding carboxylic acids is 1. The topological polar surface area (TPSA) is 103 Å². The van der Waals surface area contributed by atoms with Gasteiger partial charge in [-0.15, -0.1) is 12.4 Å². The van der Waals surface area contributed by atoms with Crippen LogP contribution in [0.15, 0.2) is 28.8 Å². The van der Waals surface area contributed by atoms with Crippen molar-refractivity contribution in [2.45, 2.75) is 38.6 Å². The summed E-state index contributed by atoms with van der Waals surface area (Å²) in [7, 11) is 0. The van der Waals surface area contributed by atoms with E-state index in [1.807, 2.05) is 31.2 Å². The van der Waals surface area contributed by atoms with Gasteiger partial charge in [0.25, 0.3) is 0 Å². The molecule has 1 saturated carbocycles. The predicted molar refractivity (Wildman–Crippen MR) is 100 cm³/mol. The van der Waals surface area contributed by atoms with Crippen LogP contribution in [0.5, 0.6) is 5.75 Å². The van der Waals surface area contributed by atoms with Gasteiger partial charge in [-0.05, 0) is 49.9 Å². The number of ether oxygens (including phenoxy) is 1. The smallest absolute Gasteiger partial charge is 0.227 e. The molecule has 1 unspecified atom stereocenters. The quantitative estimate of drug-likeness (QED) is 0.692. The fourth-order valence-corrected chi connectivity index (χ4v) is 2.57. The van der Waals surface area contributed by atoms with E-state index in [0.717, 1.165) is 11.3 Å². The van der Waals surface area contributed by atoms with E-state index in [2.05, 4.69) is 15.5 Å². The van der Waals surface area contributed by atoms with Crippen molar-refractivity contribution >= 4 is 18.3 Å². The fourth-order valence-electron chi connectivity index (χ4n) is 2.57. The molecule has 1 aliphatic rings. The molecule has 1 amide bonds. The Bertz CT molecular complexity index is 701. The van der Waals surface area contributed by atoms with Crippen molar-refractivity contribution in [2.24, 2.45) is 11.7 Å². The molecule has 1 fully saturated rings. The number of nitrogens with zero attached hydrogens (tertiary/aromatic N) is 2. The molecule has 26 heavy (non-hydrogen) atoms. The van der Waals surface area contributed by atoms with E-state index in [9.17, 15) is 4.79 Å². The van der Waals surface area contributed by atoms with E-state index in [4.69, 9.17) is 15.0 Å². The maximum atomic E-state index is 11.9. The molecule has 1 aromatic heterocycles. The minimum Gasteiger partial charge on any atom is -0.494 e. The number of hydrogen-bond donors (Lipinski definition) is 2. The molecule has 2 aromatic rings. The molecule has 1 aromatic carbocycles. The first kappa shape index (κ1) is 20.2. The lowest BCUT2D eigenvalue weighted by molar-refractivity contribution is -0.121. The SMILES string of the molecule is CCOc1ccc(-c2noc(CCC(=O)NCC(N)C3CC3)n2)cc1.Cl. The van der Waals surface area contributed by atoms with Gasteiger partial charge in [0.2, 0.25) is 17.6 Å². The fraction of sp³-hybridized carbons (Fsp3) is 0.500. The van der Waals surface area contributed by atoms with Crippen molar-refractivity contribution in [3.8, 4) is 17.1 Å². The van der Waals surface area contributed by atoms with E-state index in [-0.39, 0.29) is 24.4 Å². The highest BCUT2D eigenvalue weighted by Gasteiger charge is 2.28. The molecule has 0 saturated heterocycles. The number of benzene rings is 1. The van der Waals surface area contributed by atoms with Gasteiger partial charge in [-0.3, -0.25) is 4.79 Å². The summed E-state index contributed by atoms with van der Waals surface area (Å²) in [6.45, 7) is 3.10. The zero-order valence-electron chi connectivity index (χ0n) is 14.8. The van der Waals surface area contributed by atoms with Crippen molar-refractivity contribution in [1.82, 2.24) is 15.5 Å². The van der Waals surface area contributed by atoms with Crippen molar-refractivity contribution in [1.29, 1.82) is 0 Å². The van der Waals surface area contributed by atoms with E-state index in [1.54, 1.807) is 0 Å². The Morgan fingerprint density at radius 2 is 2.12 bits per heavy atom. The highest BCUT2D eigenvalue weighted by atomic mass is 35.5. The molecule has 0 bridgehead atoms. The summed E-state index contributed by atoms with van der Waals surface area (Å²) in [5.41, 5.74) is 6.81. The Kier molecular flexibility index (Phi) is 7.41. The summed E-state index contributed by atoms with van der Waals surface area (Å²) in [6.07, 6.45) is 3.07. The number of hydrogen-bond acceptors (Lipinski definition) is 6. The molecule has 0 radical (unpaired) electrons. The average molecular weight is 381 g/mol. The summed E-state index contributed by atoms with van der Waals surface area (Å²) in [6, 6.07) is 7.56. The van der Waals surface area contributed by atoms with Gasteiger partial charge in [-0.2, -0.15) is 4.98 Å². The maximum absolute atomic E-state index is 11.9. The second kappa shape index (κ2) is 9.54. The summed E-state index contributed by atoms with van der Waals surface area (Å²) >= 11 is 0. The van der Waals surface area contributed by atoms with Crippen LogP contribution in [-0.2, 0) is 11.2 Å². The molecule has 8 heteroatoms. The minimum absolute atomic E-state index is 0. The summed E-state index contributed by atoms with van der Waals surface area (Å²) in [4.78, 5) is 16.2. The zero-order valence-corrected chi connectivity index (χ0v) is 15.6. The van der Waals surface area contributed by atoms with Crippen LogP contribution in [0.4, 0.5) is 0 Å². The van der Waals surface area contributed by atoms with Crippen molar-refractivity contribution in [3.05, 3.63) is 30.2 Å². The lowest BCUT2D eigenvalue weighted by atomic mass is 10.2. The first-order valence-electron chi connectivity index (χ1n) is 8.73. The van der Waals surface area contributed by atoms with Crippen LogP contribution in [0.2, 0.25) is 0 Å². The van der Waals surface area contributed by atoms with Gasteiger partial charge in [0.1, 0.15) is 5.75 Å². The largest absolute Gasteiger partial charge is 0.494 e. The number of nitrogens with two attached hydrogens (primary N) is 1. The highest BCUT2D eigenvalue weighted by Crippen LogP contribution is 2.31. The van der Waals surface area contributed by atoms with Crippen LogP contribution in [0, 0.1) is 5.92 Å². The average Bonchev–Trinajstić information content (AvgIpc) is 3.37. The first-order valence-corrected chi connectivity index (χ1v) is 8.73. The number of halogens is 1. The normalized spacial score (nSPS) is 14.4. The Hall–Kier alpha value is -2.12. The van der Waals surface area contributed by atoms with Gasteiger partial charge >= 0.3 is 0 Å². The molecule has 1 aliphatic carbocycles. The molecule has 3 N–H and O–H groups in total. The Balaban J connectivity index is 0.00000243. The maximum Gasteiger partial charge on any atom is 0.227 e. The standard InChI is InChI=1S/C18H24N4O3.ClH/c1-2-24-14-7-5-13(6-8-14)18-21-17(25-22-18)10-9-16(23)20-11-15(19)12-3-4-12;/h5-8,12,15H,2-4,9-11,19H2,1H3,(H,20,23);1H. The van der Waals surface area contributed by atoms with Crippen LogP contribution in [0.3, 0.4) is 0 Å². The van der Waals surface area contributed by atoms with Gasteiger partial charge in [0.15, 0.2) is 0 Å². The Morgan fingerprint density at radius 1 is 1.38 bits per heavy atom. The third-order valence-electron chi connectivity index (χ3n) is 4.22. The van der Waals surface area contributed by atoms with E-state index in [1.165, 1.54) is 12.8 Å². The number of amides is 1. The van der Waals surface area contributed by atoms with Crippen LogP contribution in [0.1, 0.15) is 32.1 Å². The monoisotopic (exact) mass is 380 g/mol. The van der Waals surface area contributed by atoms with Gasteiger partial charge in [0.05, 0.1) is 6.61 Å². The summed E-state index contributed by atoms with van der Waals surface area (Å²) in [5.74, 6) is 2.29. The summed E-state index contributed by atoms with van der Waals surface area (Å²) < 4.78 is 10.6. The molecule has 1 atom stereocenters. The van der Waals surface area contributed by atoms with Crippen LogP contribution in [0.25, 0.3) is 11.4 Å². The van der Waals surface area contributed by atoms with Crippen LogP contribution >= 0.6 is 12.4 Å². The lowest BCUT2D eigenvalue weighted by Crippen LogP contribution is -2.38. The molecule has 1 heterocycles. The van der Waals surface area contributed by atoms with E-state index < -0.39 is 0 Å². The molecule has 3 rings (SSSR count). The minimum atomic E-state index is -0.0445. The summed E-state index contributed by atoms with van der Waals surface area (Å²) in [5, 5.41) is 6.83. The lowest BCUT2D eigenvalue weighted by Gasteiger charge is -2.10. The molecular weight excluding hydrogens is 356 g/mol. The molecule has 7 nitrogen and oxygen atoms in total. The second-order valence-electron chi connectivity index (χ2n) is 6.27. The Morgan fingerprint density at radius 3 is 2.77 bits per heavy atom. The van der Waals surface area contributed by atoms with E-state index >= 15 is 0 Å². The molecule has 0 spiro atoms. The number of aromatic nitrogens is 2. The number of aryl methyl sites for hydroxylation is 1. The van der Waals surface area contributed by atoms with Gasteiger partial charge in [0, 0.05) is 31.0 Å². The van der Waals surface area contributed by atoms with E-state index in [0.29, 0.717) is 43.6 Å².